The third kappa shape index (κ3) is 3.85. The van der Waals surface area contributed by atoms with E-state index in [9.17, 15) is 23.1 Å². The molecular formula is C6H4F3LiN2O2. The Morgan fingerprint density at radius 2 is 2.14 bits per heavy atom. The van der Waals surface area contributed by atoms with Crippen LogP contribution in [0.3, 0.4) is 0 Å². The minimum atomic E-state index is -4.41. The molecule has 0 saturated carbocycles. The summed E-state index contributed by atoms with van der Waals surface area (Å²) in [6.45, 7) is -1.31. The number of hydrogen-bond donors (Lipinski definition) is 0. The van der Waals surface area contributed by atoms with Crippen molar-refractivity contribution in [3.05, 3.63) is 18.0 Å². The van der Waals surface area contributed by atoms with Crippen molar-refractivity contribution >= 4 is 5.97 Å². The summed E-state index contributed by atoms with van der Waals surface area (Å²) < 4.78 is 35.7. The van der Waals surface area contributed by atoms with E-state index in [0.29, 0.717) is 4.68 Å². The Labute approximate surface area is 88.9 Å². The minimum Gasteiger partial charge on any atom is -0.545 e. The summed E-state index contributed by atoms with van der Waals surface area (Å²) in [5.41, 5.74) is -0.371. The van der Waals surface area contributed by atoms with Crippen LogP contribution in [0.5, 0.6) is 0 Å². The van der Waals surface area contributed by atoms with Gasteiger partial charge < -0.3 is 9.90 Å². The average Bonchev–Trinajstić information content (AvgIpc) is 2.31. The van der Waals surface area contributed by atoms with Crippen molar-refractivity contribution in [2.75, 3.05) is 0 Å². The van der Waals surface area contributed by atoms with Crippen molar-refractivity contribution in [3.8, 4) is 0 Å². The van der Waals surface area contributed by atoms with Crippen LogP contribution < -0.4 is 24.0 Å². The molecule has 4 nitrogen and oxygen atoms in total. The molecule has 0 aliphatic carbocycles. The molecule has 8 heteroatoms. The summed E-state index contributed by atoms with van der Waals surface area (Å²) in [6.07, 6.45) is -2.83. The first-order valence-electron chi connectivity index (χ1n) is 3.19. The molecule has 1 aromatic heterocycles. The van der Waals surface area contributed by atoms with Gasteiger partial charge in [0, 0.05) is 11.8 Å². The van der Waals surface area contributed by atoms with Gasteiger partial charge in [0.1, 0.15) is 6.54 Å². The predicted molar refractivity (Wildman–Crippen MR) is 32.6 cm³/mol. The maximum atomic E-state index is 11.7. The van der Waals surface area contributed by atoms with E-state index in [1.165, 1.54) is 0 Å². The first-order chi connectivity index (χ1) is 5.88. The molecular weight excluding hydrogens is 196 g/mol. The molecule has 14 heavy (non-hydrogen) atoms. The second-order valence-corrected chi connectivity index (χ2v) is 2.33. The smallest absolute Gasteiger partial charge is 0.545 e. The SMILES string of the molecule is O=C([O-])c1cnn(CC(F)(F)F)c1.[Li+]. The number of aromatic nitrogens is 2. The van der Waals surface area contributed by atoms with E-state index in [1.54, 1.807) is 0 Å². The Hall–Kier alpha value is -0.933. The Kier molecular flexibility index (Phi) is 4.23. The number of carbonyl (C=O) groups is 1. The number of aromatic carboxylic acids is 1. The van der Waals surface area contributed by atoms with Crippen LogP contribution in [0.4, 0.5) is 13.2 Å². The van der Waals surface area contributed by atoms with Gasteiger partial charge >= 0.3 is 25.0 Å². The quantitative estimate of drug-likeness (QED) is 0.473. The van der Waals surface area contributed by atoms with Gasteiger partial charge in [-0.05, 0) is 0 Å². The second kappa shape index (κ2) is 4.53. The number of halogens is 3. The molecule has 0 N–H and O–H groups in total. The Bertz CT molecular complexity index is 323. The topological polar surface area (TPSA) is 57.9 Å². The second-order valence-electron chi connectivity index (χ2n) is 2.33. The van der Waals surface area contributed by atoms with E-state index < -0.39 is 18.7 Å². The van der Waals surface area contributed by atoms with E-state index in [0.717, 1.165) is 12.4 Å². The van der Waals surface area contributed by atoms with E-state index in [1.807, 2.05) is 0 Å². The molecule has 0 fully saturated rings. The van der Waals surface area contributed by atoms with E-state index >= 15 is 0 Å². The molecule has 1 rings (SSSR count). The molecule has 0 atom stereocenters. The third-order valence-electron chi connectivity index (χ3n) is 1.21. The zero-order chi connectivity index (χ0) is 10.1. The van der Waals surface area contributed by atoms with Crippen LogP contribution in [0.2, 0.25) is 0 Å². The van der Waals surface area contributed by atoms with Gasteiger partial charge in [-0.15, -0.1) is 0 Å². The third-order valence-corrected chi connectivity index (χ3v) is 1.21. The average molecular weight is 200 g/mol. The number of carboxylic acid groups (broad SMARTS) is 1. The molecule has 1 aromatic rings. The van der Waals surface area contributed by atoms with Crippen LogP contribution in [0.15, 0.2) is 12.4 Å². The van der Waals surface area contributed by atoms with Gasteiger partial charge in [0.15, 0.2) is 0 Å². The van der Waals surface area contributed by atoms with Crippen LogP contribution >= 0.6 is 0 Å². The molecule has 0 spiro atoms. The van der Waals surface area contributed by atoms with Crippen LogP contribution in [0.25, 0.3) is 0 Å². The Morgan fingerprint density at radius 1 is 1.57 bits per heavy atom. The summed E-state index contributed by atoms with van der Waals surface area (Å²) in [5.74, 6) is -1.55. The fourth-order valence-corrected chi connectivity index (χ4v) is 0.739. The van der Waals surface area contributed by atoms with Crippen molar-refractivity contribution in [2.24, 2.45) is 0 Å². The summed E-state index contributed by atoms with van der Waals surface area (Å²) in [4.78, 5) is 10.1. The van der Waals surface area contributed by atoms with Crippen molar-refractivity contribution in [1.82, 2.24) is 9.78 Å². The number of alkyl halides is 3. The molecule has 0 aliphatic rings. The summed E-state index contributed by atoms with van der Waals surface area (Å²) in [7, 11) is 0. The number of hydrogen-bond acceptors (Lipinski definition) is 3. The van der Waals surface area contributed by atoms with Crippen LogP contribution in [-0.4, -0.2) is 21.9 Å². The number of rotatable bonds is 2. The summed E-state index contributed by atoms with van der Waals surface area (Å²) in [5, 5.41) is 13.3. The predicted octanol–water partition coefficient (Wildman–Crippen LogP) is -3.19. The minimum absolute atomic E-state index is 0. The fourth-order valence-electron chi connectivity index (χ4n) is 0.739. The zero-order valence-electron chi connectivity index (χ0n) is 7.21. The molecule has 1 heterocycles. The largest absolute Gasteiger partial charge is 1.00 e. The maximum absolute atomic E-state index is 11.7. The summed E-state index contributed by atoms with van der Waals surface area (Å²) >= 11 is 0. The van der Waals surface area contributed by atoms with E-state index in [4.69, 9.17) is 0 Å². The Morgan fingerprint density at radius 3 is 2.50 bits per heavy atom. The van der Waals surface area contributed by atoms with Gasteiger partial charge in [0.2, 0.25) is 0 Å². The van der Waals surface area contributed by atoms with Gasteiger partial charge in [0.05, 0.1) is 12.2 Å². The fraction of sp³-hybridized carbons (Fsp3) is 0.333. The van der Waals surface area contributed by atoms with Crippen LogP contribution in [0.1, 0.15) is 10.4 Å². The molecule has 0 amide bonds. The van der Waals surface area contributed by atoms with Gasteiger partial charge in [0.25, 0.3) is 0 Å². The molecule has 0 bridgehead atoms. The van der Waals surface area contributed by atoms with Crippen molar-refractivity contribution in [3.63, 3.8) is 0 Å². The van der Waals surface area contributed by atoms with E-state index in [-0.39, 0.29) is 24.4 Å². The van der Waals surface area contributed by atoms with Crippen LogP contribution in [0, 0.1) is 0 Å². The maximum Gasteiger partial charge on any atom is 1.00 e. The number of carbonyl (C=O) groups excluding carboxylic acids is 1. The van der Waals surface area contributed by atoms with Gasteiger partial charge in [-0.1, -0.05) is 0 Å². The zero-order valence-corrected chi connectivity index (χ0v) is 7.21. The van der Waals surface area contributed by atoms with Crippen molar-refractivity contribution in [1.29, 1.82) is 0 Å². The van der Waals surface area contributed by atoms with Gasteiger partial charge in [-0.3, -0.25) is 4.68 Å². The monoisotopic (exact) mass is 200 g/mol. The van der Waals surface area contributed by atoms with Gasteiger partial charge in [-0.2, -0.15) is 18.3 Å². The number of nitrogens with zero attached hydrogens (tertiary/aromatic N) is 2. The first-order valence-corrected chi connectivity index (χ1v) is 3.19. The molecule has 0 radical (unpaired) electrons. The van der Waals surface area contributed by atoms with Crippen molar-refractivity contribution in [2.45, 2.75) is 12.7 Å². The molecule has 72 valence electrons. The van der Waals surface area contributed by atoms with E-state index in [2.05, 4.69) is 5.10 Å². The normalized spacial score (nSPS) is 10.8. The number of carboxylic acids is 1. The molecule has 0 aromatic carbocycles. The van der Waals surface area contributed by atoms with Crippen molar-refractivity contribution < 1.29 is 41.9 Å². The summed E-state index contributed by atoms with van der Waals surface area (Å²) in [6, 6.07) is 0. The molecule has 0 aliphatic heterocycles. The van der Waals surface area contributed by atoms with Crippen LogP contribution in [-0.2, 0) is 6.54 Å². The Balaban J connectivity index is 0.00000169. The van der Waals surface area contributed by atoms with Gasteiger partial charge in [-0.25, -0.2) is 0 Å². The molecule has 0 saturated heterocycles. The molecule has 0 unspecified atom stereocenters. The standard InChI is InChI=1S/C6H5F3N2O2.Li/c7-6(8,9)3-11-2-4(1-10-11)5(12)13;/h1-2H,3H2,(H,12,13);/q;+1/p-1. The first kappa shape index (κ1) is 13.1.